The van der Waals surface area contributed by atoms with E-state index in [4.69, 9.17) is 27.0 Å². The van der Waals surface area contributed by atoms with Gasteiger partial charge in [0.1, 0.15) is 11.5 Å². The fourth-order valence-electron chi connectivity index (χ4n) is 6.83. The van der Waals surface area contributed by atoms with E-state index < -0.39 is 5.54 Å². The largest absolute Gasteiger partial charge is 0.508 e. The first kappa shape index (κ1) is 33.8. The molecule has 5 aromatic carbocycles. The summed E-state index contributed by atoms with van der Waals surface area (Å²) >= 11 is 6.49. The number of unbranched alkanes of at least 4 members (excludes halogenated alkanes) is 1. The van der Waals surface area contributed by atoms with Crippen LogP contribution in [0.15, 0.2) is 133 Å². The number of nitrogens with zero attached hydrogens (tertiary/aromatic N) is 7. The summed E-state index contributed by atoms with van der Waals surface area (Å²) in [6.45, 7) is 5.06. The van der Waals surface area contributed by atoms with Gasteiger partial charge in [0, 0.05) is 18.5 Å². The molecule has 0 aliphatic rings. The molecule has 0 amide bonds. The van der Waals surface area contributed by atoms with Gasteiger partial charge in [-0.2, -0.15) is 0 Å². The van der Waals surface area contributed by atoms with Gasteiger partial charge in [0.15, 0.2) is 17.2 Å². The van der Waals surface area contributed by atoms with Gasteiger partial charge in [0.05, 0.1) is 0 Å². The molecule has 0 spiro atoms. The van der Waals surface area contributed by atoms with Gasteiger partial charge in [-0.05, 0) is 51.9 Å². The van der Waals surface area contributed by atoms with E-state index in [0.29, 0.717) is 17.5 Å². The van der Waals surface area contributed by atoms with Crippen LogP contribution in [0.1, 0.15) is 59.1 Å². The number of aromatic nitrogens is 6. The molecule has 51 heavy (non-hydrogen) atoms. The van der Waals surface area contributed by atoms with E-state index >= 15 is 0 Å². The minimum atomic E-state index is -0.866. The Morgan fingerprint density at radius 3 is 1.98 bits per heavy atom. The van der Waals surface area contributed by atoms with Crippen LogP contribution in [0.2, 0.25) is 5.15 Å². The first-order valence-electron chi connectivity index (χ1n) is 17.3. The number of rotatable bonds is 13. The van der Waals surface area contributed by atoms with Gasteiger partial charge < -0.3 is 15.2 Å². The van der Waals surface area contributed by atoms with Crippen LogP contribution >= 0.6 is 11.6 Å². The van der Waals surface area contributed by atoms with Crippen LogP contribution in [0.5, 0.6) is 0 Å². The molecule has 9 heteroatoms. The van der Waals surface area contributed by atoms with Gasteiger partial charge in [-0.1, -0.05) is 164 Å². The average Bonchev–Trinajstić information content (AvgIpc) is 3.78. The Morgan fingerprint density at radius 2 is 1.35 bits per heavy atom. The lowest BCUT2D eigenvalue weighted by atomic mass is 9.77. The van der Waals surface area contributed by atoms with Crippen molar-refractivity contribution in [3.05, 3.63) is 183 Å². The molecular weight excluding hydrogens is 652 g/mol. The smallest absolute Gasteiger partial charge is 0.205 e. The number of aryl methyl sites for hydroxylation is 2. The minimum absolute atomic E-state index is 0.219. The third-order valence-electron chi connectivity index (χ3n) is 9.44. The second-order valence-electron chi connectivity index (χ2n) is 12.7. The van der Waals surface area contributed by atoms with Gasteiger partial charge in [0.25, 0.3) is 0 Å². The highest BCUT2D eigenvalue weighted by atomic mass is 35.5. The maximum Gasteiger partial charge on any atom is 0.205 e. The van der Waals surface area contributed by atoms with E-state index in [1.54, 1.807) is 4.80 Å². The van der Waals surface area contributed by atoms with E-state index in [0.717, 1.165) is 69.7 Å². The van der Waals surface area contributed by atoms with Crippen molar-refractivity contribution in [2.24, 2.45) is 0 Å². The predicted molar refractivity (Wildman–Crippen MR) is 201 cm³/mol. The van der Waals surface area contributed by atoms with Crippen molar-refractivity contribution in [1.29, 1.82) is 0 Å². The highest BCUT2D eigenvalue weighted by Crippen LogP contribution is 2.40. The van der Waals surface area contributed by atoms with E-state index in [2.05, 4.69) is 132 Å². The fourth-order valence-corrected chi connectivity index (χ4v) is 7.09. The molecule has 2 heterocycles. The maximum atomic E-state index is 9.47. The Morgan fingerprint density at radius 1 is 0.745 bits per heavy atom. The molecule has 7 aromatic rings. The van der Waals surface area contributed by atoms with Gasteiger partial charge in [-0.3, -0.25) is 0 Å². The van der Waals surface area contributed by atoms with Crippen LogP contribution in [0.25, 0.3) is 28.0 Å². The van der Waals surface area contributed by atoms with Gasteiger partial charge >= 0.3 is 0 Å². The standard InChI is InChI=1S/C42H39ClN8/c1-3-4-19-39-46-40(43)38(28-45-44)50(39)29-31-22-24-32(25-23-31)36-17-11-12-18-37(36)41-47-49-51(48-41)42(33-13-7-5-8-14-33,34-15-9-6-10-16-34)35-26-20-30(2)21-27-35/h5-18,20-27,45H,3-4,19,28-29H2,1-2H3. The van der Waals surface area contributed by atoms with E-state index in [-0.39, 0.29) is 6.54 Å². The summed E-state index contributed by atoms with van der Waals surface area (Å²) in [4.78, 5) is 6.38. The summed E-state index contributed by atoms with van der Waals surface area (Å²) in [6.07, 6.45) is 2.89. The summed E-state index contributed by atoms with van der Waals surface area (Å²) < 4.78 is 2.10. The molecule has 0 saturated carbocycles. The number of benzene rings is 5. The van der Waals surface area contributed by atoms with Crippen molar-refractivity contribution >= 4 is 11.6 Å². The molecule has 0 aliphatic heterocycles. The van der Waals surface area contributed by atoms with Gasteiger partial charge in [-0.15, -0.1) is 15.0 Å². The van der Waals surface area contributed by atoms with Crippen molar-refractivity contribution in [1.82, 2.24) is 29.8 Å². The Hall–Kier alpha value is -5.73. The summed E-state index contributed by atoms with van der Waals surface area (Å²) in [5.74, 6) is 1.45. The summed E-state index contributed by atoms with van der Waals surface area (Å²) in [7, 11) is 0. The van der Waals surface area contributed by atoms with Crippen LogP contribution in [-0.2, 0) is 25.0 Å². The molecule has 8 nitrogen and oxygen atoms in total. The third-order valence-corrected chi connectivity index (χ3v) is 9.75. The normalized spacial score (nSPS) is 11.5. The number of tetrazole rings is 1. The number of hydrogen-bond acceptors (Lipinski definition) is 4. The molecule has 0 atom stereocenters. The fraction of sp³-hybridized carbons (Fsp3) is 0.190. The first-order chi connectivity index (χ1) is 25.0. The van der Waals surface area contributed by atoms with Crippen molar-refractivity contribution in [3.8, 4) is 22.5 Å². The third kappa shape index (κ3) is 6.62. The Kier molecular flexibility index (Phi) is 9.94. The lowest BCUT2D eigenvalue weighted by Crippen LogP contribution is -2.61. The summed E-state index contributed by atoms with van der Waals surface area (Å²) in [5, 5.41) is 17.3. The van der Waals surface area contributed by atoms with Crippen molar-refractivity contribution < 1.29 is 5.11 Å². The SMILES string of the molecule is CCCCc1nc(Cl)c(C[NH+]=[N-])n1Cc1ccc(-c2ccccc2-c2nnn(C(c3ccccc3)(c3ccccc3)c3ccc(C)cc3)n2)cc1. The van der Waals surface area contributed by atoms with E-state index in [1.165, 1.54) is 5.56 Å². The summed E-state index contributed by atoms with van der Waals surface area (Å²) in [6, 6.07) is 46.0. The molecule has 0 saturated heterocycles. The molecule has 1 N–H and O–H groups in total. The lowest BCUT2D eigenvalue weighted by molar-refractivity contribution is -0.499. The molecule has 0 unspecified atom stereocenters. The van der Waals surface area contributed by atoms with Gasteiger partial charge in [0.2, 0.25) is 5.82 Å². The van der Waals surface area contributed by atoms with E-state index in [9.17, 15) is 5.53 Å². The van der Waals surface area contributed by atoms with Crippen LogP contribution in [0.3, 0.4) is 0 Å². The zero-order chi connectivity index (χ0) is 35.2. The van der Waals surface area contributed by atoms with Crippen molar-refractivity contribution in [2.75, 3.05) is 0 Å². The van der Waals surface area contributed by atoms with Gasteiger partial charge in [-0.25, -0.2) is 4.98 Å². The zero-order valence-electron chi connectivity index (χ0n) is 28.7. The molecule has 0 aliphatic carbocycles. The number of halogens is 1. The Bertz CT molecular complexity index is 2180. The number of imidazole rings is 1. The molecule has 254 valence electrons. The number of hydrogen-bond donors (Lipinski definition) is 1. The lowest BCUT2D eigenvalue weighted by Gasteiger charge is -2.34. The van der Waals surface area contributed by atoms with Crippen molar-refractivity contribution in [3.63, 3.8) is 0 Å². The second-order valence-corrected chi connectivity index (χ2v) is 13.1. The van der Waals surface area contributed by atoms with Crippen LogP contribution in [0, 0.1) is 6.92 Å². The zero-order valence-corrected chi connectivity index (χ0v) is 29.5. The molecule has 0 radical (unpaired) electrons. The topological polar surface area (TPSA) is 97.7 Å². The molecule has 2 aromatic heterocycles. The molecule has 0 bridgehead atoms. The quantitative estimate of drug-likeness (QED) is 0.0980. The first-order valence-corrected chi connectivity index (χ1v) is 17.7. The molecular formula is C42H39ClN8. The second kappa shape index (κ2) is 15.0. The predicted octanol–water partition coefficient (Wildman–Crippen LogP) is 8.00. The van der Waals surface area contributed by atoms with Crippen LogP contribution < -0.4 is 5.11 Å². The Labute approximate surface area is 303 Å². The van der Waals surface area contributed by atoms with Crippen LogP contribution in [0.4, 0.5) is 0 Å². The monoisotopic (exact) mass is 690 g/mol. The molecule has 0 fully saturated rings. The molecule has 7 rings (SSSR count). The minimum Gasteiger partial charge on any atom is -0.508 e. The average molecular weight is 691 g/mol. The highest BCUT2D eigenvalue weighted by molar-refractivity contribution is 6.30. The van der Waals surface area contributed by atoms with Crippen molar-refractivity contribution in [2.45, 2.75) is 51.7 Å². The van der Waals surface area contributed by atoms with Crippen LogP contribution in [-0.4, -0.2) is 29.8 Å². The Balaban J connectivity index is 1.28. The highest BCUT2D eigenvalue weighted by Gasteiger charge is 2.41. The summed E-state index contributed by atoms with van der Waals surface area (Å²) in [5.41, 5.74) is 17.7. The number of nitrogens with one attached hydrogen (secondary N) is 1. The maximum absolute atomic E-state index is 9.47. The van der Waals surface area contributed by atoms with E-state index in [1.807, 2.05) is 30.3 Å².